The van der Waals surface area contributed by atoms with E-state index in [2.05, 4.69) is 10.3 Å². The molecule has 1 aromatic heterocycles. The van der Waals surface area contributed by atoms with Crippen LogP contribution >= 0.6 is 0 Å². The molecule has 1 fully saturated rings. The molecule has 1 aromatic carbocycles. The number of anilines is 2. The molecule has 0 radical (unpaired) electrons. The molecule has 1 aliphatic heterocycles. The summed E-state index contributed by atoms with van der Waals surface area (Å²) in [6.45, 7) is 4.20. The largest absolute Gasteiger partial charge is 0.465 e. The molecule has 0 aliphatic carbocycles. The van der Waals surface area contributed by atoms with E-state index in [1.807, 2.05) is 5.32 Å². The van der Waals surface area contributed by atoms with Crippen LogP contribution in [0.3, 0.4) is 0 Å². The van der Waals surface area contributed by atoms with Crippen molar-refractivity contribution in [3.05, 3.63) is 53.1 Å². The molecule has 0 bridgehead atoms. The number of hydrogen-bond acceptors (Lipinski definition) is 4. The zero-order valence-corrected chi connectivity index (χ0v) is 17.0. The van der Waals surface area contributed by atoms with E-state index < -0.39 is 35.3 Å². The standard InChI is InChI=1S/C20H22F3N5O3/c1-11-3-4-14(8-24-11)25-19(29)26-18-16(22)13(7-15(21)17(18)23)10-27-5-6-28(20(30)31)12(2)9-27/h3-4,7-8,12H,5-6,9-10H2,1-2H3,(H,30,31)(H2,25,26,29). The van der Waals surface area contributed by atoms with Crippen molar-refractivity contribution in [1.82, 2.24) is 14.8 Å². The number of urea groups is 1. The van der Waals surface area contributed by atoms with Crippen LogP contribution in [0.5, 0.6) is 0 Å². The highest BCUT2D eigenvalue weighted by Gasteiger charge is 2.28. The van der Waals surface area contributed by atoms with Crippen LogP contribution in [0.25, 0.3) is 0 Å². The number of benzene rings is 1. The summed E-state index contributed by atoms with van der Waals surface area (Å²) >= 11 is 0. The third kappa shape index (κ3) is 5.23. The van der Waals surface area contributed by atoms with Crippen LogP contribution in [-0.2, 0) is 6.54 Å². The number of aryl methyl sites for hydroxylation is 1. The quantitative estimate of drug-likeness (QED) is 0.635. The van der Waals surface area contributed by atoms with Gasteiger partial charge in [0.15, 0.2) is 17.5 Å². The summed E-state index contributed by atoms with van der Waals surface area (Å²) in [6, 6.07) is 2.65. The van der Waals surface area contributed by atoms with Crippen molar-refractivity contribution < 1.29 is 27.9 Å². The molecule has 2 heterocycles. The fourth-order valence-corrected chi connectivity index (χ4v) is 3.40. The maximum absolute atomic E-state index is 14.9. The van der Waals surface area contributed by atoms with Crippen molar-refractivity contribution in [3.8, 4) is 0 Å². The third-order valence-corrected chi connectivity index (χ3v) is 4.99. The number of pyridine rings is 1. The minimum atomic E-state index is -1.51. The first-order valence-electron chi connectivity index (χ1n) is 9.54. The number of rotatable bonds is 4. The van der Waals surface area contributed by atoms with E-state index in [1.165, 1.54) is 11.1 Å². The van der Waals surface area contributed by atoms with Crippen LogP contribution in [-0.4, -0.2) is 57.7 Å². The average molecular weight is 437 g/mol. The van der Waals surface area contributed by atoms with Crippen LogP contribution in [0.2, 0.25) is 0 Å². The van der Waals surface area contributed by atoms with Gasteiger partial charge in [-0.1, -0.05) is 0 Å². The van der Waals surface area contributed by atoms with Gasteiger partial charge in [-0.25, -0.2) is 22.8 Å². The van der Waals surface area contributed by atoms with E-state index in [0.29, 0.717) is 18.8 Å². The van der Waals surface area contributed by atoms with Crippen LogP contribution < -0.4 is 10.6 Å². The molecule has 1 saturated heterocycles. The Labute approximate surface area is 176 Å². The second-order valence-corrected chi connectivity index (χ2v) is 7.35. The summed E-state index contributed by atoms with van der Waals surface area (Å²) in [6.07, 6.45) is 0.323. The van der Waals surface area contributed by atoms with Crippen molar-refractivity contribution >= 4 is 23.5 Å². The van der Waals surface area contributed by atoms with Gasteiger partial charge in [-0.05, 0) is 32.0 Å². The maximum atomic E-state index is 14.9. The van der Waals surface area contributed by atoms with Gasteiger partial charge in [0.05, 0.1) is 11.9 Å². The summed E-state index contributed by atoms with van der Waals surface area (Å²) < 4.78 is 43.3. The lowest BCUT2D eigenvalue weighted by molar-refractivity contribution is 0.0706. The van der Waals surface area contributed by atoms with Gasteiger partial charge >= 0.3 is 12.1 Å². The summed E-state index contributed by atoms with van der Waals surface area (Å²) in [5.74, 6) is -3.91. The normalized spacial score (nSPS) is 16.8. The van der Waals surface area contributed by atoms with Crippen LogP contribution in [0.4, 0.5) is 34.1 Å². The summed E-state index contributed by atoms with van der Waals surface area (Å²) in [4.78, 5) is 30.3. The van der Waals surface area contributed by atoms with E-state index in [4.69, 9.17) is 5.11 Å². The molecule has 31 heavy (non-hydrogen) atoms. The first kappa shape index (κ1) is 22.3. The highest BCUT2D eigenvalue weighted by molar-refractivity contribution is 5.99. The number of carbonyl (C=O) groups excluding carboxylic acids is 1. The monoisotopic (exact) mass is 437 g/mol. The topological polar surface area (TPSA) is 97.8 Å². The van der Waals surface area contributed by atoms with E-state index in [1.54, 1.807) is 30.9 Å². The van der Waals surface area contributed by atoms with Crippen molar-refractivity contribution in [2.45, 2.75) is 26.4 Å². The molecule has 3 N–H and O–H groups in total. The van der Waals surface area contributed by atoms with E-state index in [9.17, 15) is 22.8 Å². The van der Waals surface area contributed by atoms with Gasteiger partial charge in [-0.2, -0.15) is 0 Å². The van der Waals surface area contributed by atoms with Gasteiger partial charge < -0.3 is 20.6 Å². The number of carboxylic acid groups (broad SMARTS) is 1. The molecule has 3 rings (SSSR count). The molecule has 8 nitrogen and oxygen atoms in total. The third-order valence-electron chi connectivity index (χ3n) is 4.99. The lowest BCUT2D eigenvalue weighted by Crippen LogP contribution is -2.53. The van der Waals surface area contributed by atoms with Gasteiger partial charge in [-0.15, -0.1) is 0 Å². The first-order chi connectivity index (χ1) is 14.7. The fraction of sp³-hybridized carbons (Fsp3) is 0.350. The fourth-order valence-electron chi connectivity index (χ4n) is 3.40. The molecule has 11 heteroatoms. The average Bonchev–Trinajstić information content (AvgIpc) is 2.71. The summed E-state index contributed by atoms with van der Waals surface area (Å²) in [5.41, 5.74) is -0.0332. The second-order valence-electron chi connectivity index (χ2n) is 7.35. The molecule has 1 atom stereocenters. The molecule has 0 spiro atoms. The summed E-state index contributed by atoms with van der Waals surface area (Å²) in [5, 5.41) is 13.5. The maximum Gasteiger partial charge on any atom is 0.407 e. The number of carbonyl (C=O) groups is 2. The highest BCUT2D eigenvalue weighted by Crippen LogP contribution is 2.27. The van der Waals surface area contributed by atoms with Gasteiger partial charge in [0, 0.05) is 43.5 Å². The number of aromatic nitrogens is 1. The van der Waals surface area contributed by atoms with Crippen molar-refractivity contribution in [3.63, 3.8) is 0 Å². The van der Waals surface area contributed by atoms with E-state index in [0.717, 1.165) is 11.8 Å². The lowest BCUT2D eigenvalue weighted by Gasteiger charge is -2.38. The number of nitrogens with zero attached hydrogens (tertiary/aromatic N) is 3. The highest BCUT2D eigenvalue weighted by atomic mass is 19.2. The molecule has 0 saturated carbocycles. The second kappa shape index (κ2) is 9.21. The Morgan fingerprint density at radius 3 is 2.55 bits per heavy atom. The van der Waals surface area contributed by atoms with Crippen LogP contribution in [0.1, 0.15) is 18.2 Å². The Bertz CT molecular complexity index is 987. The first-order valence-corrected chi connectivity index (χ1v) is 9.54. The molecule has 2 aromatic rings. The Hall–Kier alpha value is -3.34. The molecule has 1 aliphatic rings. The Morgan fingerprint density at radius 2 is 1.94 bits per heavy atom. The zero-order valence-electron chi connectivity index (χ0n) is 17.0. The van der Waals surface area contributed by atoms with Gasteiger partial charge in [0.25, 0.3) is 0 Å². The minimum absolute atomic E-state index is 0.0704. The summed E-state index contributed by atoms with van der Waals surface area (Å²) in [7, 11) is 0. The minimum Gasteiger partial charge on any atom is -0.465 e. The number of amides is 3. The number of halogens is 3. The van der Waals surface area contributed by atoms with E-state index >= 15 is 0 Å². The number of hydrogen-bond donors (Lipinski definition) is 3. The zero-order chi connectivity index (χ0) is 22.7. The molecular weight excluding hydrogens is 415 g/mol. The lowest BCUT2D eigenvalue weighted by atomic mass is 10.1. The number of piperazine rings is 1. The van der Waals surface area contributed by atoms with Gasteiger partial charge in [-0.3, -0.25) is 9.88 Å². The van der Waals surface area contributed by atoms with E-state index in [-0.39, 0.29) is 24.7 Å². The predicted octanol–water partition coefficient (Wildman–Crippen LogP) is 3.64. The Balaban J connectivity index is 1.74. The smallest absolute Gasteiger partial charge is 0.407 e. The SMILES string of the molecule is Cc1ccc(NC(=O)Nc2c(F)c(F)cc(CN3CCN(C(=O)O)C(C)C3)c2F)cn1. The van der Waals surface area contributed by atoms with Crippen LogP contribution in [0, 0.1) is 24.4 Å². The Morgan fingerprint density at radius 1 is 1.19 bits per heavy atom. The molecule has 3 amide bonds. The van der Waals surface area contributed by atoms with Gasteiger partial charge in [0.1, 0.15) is 5.69 Å². The van der Waals surface area contributed by atoms with Crippen molar-refractivity contribution in [1.29, 1.82) is 0 Å². The predicted molar refractivity (Wildman–Crippen MR) is 107 cm³/mol. The molecular formula is C20H22F3N5O3. The van der Waals surface area contributed by atoms with Crippen molar-refractivity contribution in [2.75, 3.05) is 30.3 Å². The van der Waals surface area contributed by atoms with Gasteiger partial charge in [0.2, 0.25) is 0 Å². The van der Waals surface area contributed by atoms with Crippen LogP contribution in [0.15, 0.2) is 24.4 Å². The Kier molecular flexibility index (Phi) is 6.64. The molecule has 166 valence electrons. The molecule has 1 unspecified atom stereocenters. The van der Waals surface area contributed by atoms with Crippen molar-refractivity contribution in [2.24, 2.45) is 0 Å². The number of nitrogens with one attached hydrogen (secondary N) is 2.